The Morgan fingerprint density at radius 1 is 1.50 bits per heavy atom. The highest BCUT2D eigenvalue weighted by molar-refractivity contribution is 5.16. The molecule has 1 heterocycles. The van der Waals surface area contributed by atoms with Crippen LogP contribution in [0.1, 0.15) is 24.5 Å². The molecule has 0 aliphatic rings. The fourth-order valence-electron chi connectivity index (χ4n) is 1.31. The van der Waals surface area contributed by atoms with Crippen LogP contribution in [0, 0.1) is 6.92 Å². The Labute approximate surface area is 85.2 Å². The van der Waals surface area contributed by atoms with Gasteiger partial charge in [-0.25, -0.2) is 0 Å². The molecule has 3 nitrogen and oxygen atoms in total. The Kier molecular flexibility index (Phi) is 4.56. The lowest BCUT2D eigenvalue weighted by molar-refractivity contribution is 0.238. The zero-order chi connectivity index (χ0) is 10.4. The summed E-state index contributed by atoms with van der Waals surface area (Å²) in [7, 11) is 0. The van der Waals surface area contributed by atoms with Crippen LogP contribution in [0.15, 0.2) is 18.5 Å². The van der Waals surface area contributed by atoms with E-state index in [1.54, 1.807) is 0 Å². The van der Waals surface area contributed by atoms with Crippen LogP contribution in [-0.2, 0) is 6.54 Å². The maximum absolute atomic E-state index is 8.98. The minimum atomic E-state index is 0.190. The van der Waals surface area contributed by atoms with Crippen LogP contribution < -0.4 is 5.32 Å². The quantitative estimate of drug-likeness (QED) is 0.741. The number of aryl methyl sites for hydroxylation is 1. The zero-order valence-electron chi connectivity index (χ0n) is 8.83. The van der Waals surface area contributed by atoms with Crippen LogP contribution in [0.25, 0.3) is 0 Å². The van der Waals surface area contributed by atoms with Gasteiger partial charge in [-0.3, -0.25) is 4.98 Å². The molecule has 2 N–H and O–H groups in total. The first-order valence-electron chi connectivity index (χ1n) is 5.01. The second kappa shape index (κ2) is 5.73. The first-order valence-corrected chi connectivity index (χ1v) is 5.01. The van der Waals surface area contributed by atoms with Gasteiger partial charge < -0.3 is 10.4 Å². The number of nitrogens with one attached hydrogen (secondary N) is 1. The summed E-state index contributed by atoms with van der Waals surface area (Å²) < 4.78 is 0. The summed E-state index contributed by atoms with van der Waals surface area (Å²) in [5.74, 6) is 0. The van der Waals surface area contributed by atoms with Crippen LogP contribution in [0.3, 0.4) is 0 Å². The Balaban J connectivity index is 2.44. The van der Waals surface area contributed by atoms with Crippen molar-refractivity contribution in [2.24, 2.45) is 0 Å². The summed E-state index contributed by atoms with van der Waals surface area (Å²) in [4.78, 5) is 4.11. The molecule has 1 aromatic rings. The third kappa shape index (κ3) is 3.44. The van der Waals surface area contributed by atoms with Gasteiger partial charge in [0.25, 0.3) is 0 Å². The average molecular weight is 194 g/mol. The van der Waals surface area contributed by atoms with E-state index in [1.807, 2.05) is 19.3 Å². The van der Waals surface area contributed by atoms with E-state index in [4.69, 9.17) is 5.11 Å². The van der Waals surface area contributed by atoms with Crippen LogP contribution in [0.5, 0.6) is 0 Å². The van der Waals surface area contributed by atoms with Crippen molar-refractivity contribution in [2.75, 3.05) is 6.61 Å². The number of nitrogens with zero attached hydrogens (tertiary/aromatic N) is 1. The fourth-order valence-corrected chi connectivity index (χ4v) is 1.31. The summed E-state index contributed by atoms with van der Waals surface area (Å²) in [6.07, 6.45) is 4.63. The highest BCUT2D eigenvalue weighted by Crippen LogP contribution is 2.01. The molecule has 1 unspecified atom stereocenters. The first-order chi connectivity index (χ1) is 6.76. The normalized spacial score (nSPS) is 12.8. The lowest BCUT2D eigenvalue weighted by atomic mass is 10.2. The fraction of sp³-hybridized carbons (Fsp3) is 0.545. The largest absolute Gasteiger partial charge is 0.395 e. The van der Waals surface area contributed by atoms with Crippen molar-refractivity contribution >= 4 is 0 Å². The van der Waals surface area contributed by atoms with E-state index in [-0.39, 0.29) is 12.6 Å². The molecule has 0 aliphatic heterocycles. The molecular weight excluding hydrogens is 176 g/mol. The summed E-state index contributed by atoms with van der Waals surface area (Å²) >= 11 is 0. The maximum Gasteiger partial charge on any atom is 0.0584 e. The van der Waals surface area contributed by atoms with Crippen LogP contribution in [0.2, 0.25) is 0 Å². The lowest BCUT2D eigenvalue weighted by Gasteiger charge is -2.13. The van der Waals surface area contributed by atoms with Gasteiger partial charge in [-0.1, -0.05) is 13.0 Å². The highest BCUT2D eigenvalue weighted by Gasteiger charge is 2.02. The minimum Gasteiger partial charge on any atom is -0.395 e. The Morgan fingerprint density at radius 3 is 2.86 bits per heavy atom. The van der Waals surface area contributed by atoms with Gasteiger partial charge >= 0.3 is 0 Å². The van der Waals surface area contributed by atoms with Crippen LogP contribution in [0.4, 0.5) is 0 Å². The number of rotatable bonds is 5. The topological polar surface area (TPSA) is 45.1 Å². The van der Waals surface area contributed by atoms with E-state index in [9.17, 15) is 0 Å². The van der Waals surface area contributed by atoms with E-state index in [2.05, 4.69) is 23.3 Å². The van der Waals surface area contributed by atoms with E-state index < -0.39 is 0 Å². The predicted octanol–water partition coefficient (Wildman–Crippen LogP) is 1.25. The molecule has 0 saturated carbocycles. The predicted molar refractivity (Wildman–Crippen MR) is 57.0 cm³/mol. The molecular formula is C11H18N2O. The standard InChI is InChI=1S/C11H18N2O/c1-3-11(8-14)13-7-10-4-9(2)5-12-6-10/h4-6,11,13-14H,3,7-8H2,1-2H3. The van der Waals surface area contributed by atoms with E-state index in [0.717, 1.165) is 18.5 Å². The molecule has 0 aromatic carbocycles. The van der Waals surface area contributed by atoms with Gasteiger partial charge in [0, 0.05) is 25.0 Å². The van der Waals surface area contributed by atoms with Gasteiger partial charge in [0.2, 0.25) is 0 Å². The third-order valence-electron chi connectivity index (χ3n) is 2.24. The monoisotopic (exact) mass is 194 g/mol. The van der Waals surface area contributed by atoms with Crippen molar-refractivity contribution in [2.45, 2.75) is 32.9 Å². The Bertz CT molecular complexity index is 272. The molecule has 78 valence electrons. The molecule has 0 bridgehead atoms. The van der Waals surface area contributed by atoms with Crippen molar-refractivity contribution in [3.8, 4) is 0 Å². The van der Waals surface area contributed by atoms with Gasteiger partial charge in [-0.15, -0.1) is 0 Å². The van der Waals surface area contributed by atoms with Crippen LogP contribution in [-0.4, -0.2) is 22.7 Å². The van der Waals surface area contributed by atoms with Gasteiger partial charge in [0.05, 0.1) is 6.61 Å². The van der Waals surface area contributed by atoms with E-state index in [1.165, 1.54) is 5.56 Å². The minimum absolute atomic E-state index is 0.190. The van der Waals surface area contributed by atoms with Gasteiger partial charge in [-0.05, 0) is 24.5 Å². The summed E-state index contributed by atoms with van der Waals surface area (Å²) in [6, 6.07) is 2.29. The Hall–Kier alpha value is -0.930. The van der Waals surface area contributed by atoms with Crippen molar-refractivity contribution in [1.82, 2.24) is 10.3 Å². The molecule has 0 spiro atoms. The van der Waals surface area contributed by atoms with Gasteiger partial charge in [0.15, 0.2) is 0 Å². The SMILES string of the molecule is CCC(CO)NCc1cncc(C)c1. The van der Waals surface area contributed by atoms with E-state index >= 15 is 0 Å². The molecule has 1 atom stereocenters. The highest BCUT2D eigenvalue weighted by atomic mass is 16.3. The number of hydrogen-bond donors (Lipinski definition) is 2. The number of pyridine rings is 1. The van der Waals surface area contributed by atoms with Crippen molar-refractivity contribution < 1.29 is 5.11 Å². The summed E-state index contributed by atoms with van der Waals surface area (Å²) in [5, 5.41) is 12.3. The average Bonchev–Trinajstić information content (AvgIpc) is 2.19. The summed E-state index contributed by atoms with van der Waals surface area (Å²) in [5.41, 5.74) is 2.33. The number of aromatic nitrogens is 1. The maximum atomic E-state index is 8.98. The van der Waals surface area contributed by atoms with Gasteiger partial charge in [0.1, 0.15) is 0 Å². The molecule has 3 heteroatoms. The molecule has 14 heavy (non-hydrogen) atoms. The number of hydrogen-bond acceptors (Lipinski definition) is 3. The van der Waals surface area contributed by atoms with Crippen LogP contribution >= 0.6 is 0 Å². The second-order valence-corrected chi connectivity index (χ2v) is 3.54. The van der Waals surface area contributed by atoms with Gasteiger partial charge in [-0.2, -0.15) is 0 Å². The lowest BCUT2D eigenvalue weighted by Crippen LogP contribution is -2.31. The molecule has 0 amide bonds. The van der Waals surface area contributed by atoms with Crippen molar-refractivity contribution in [3.63, 3.8) is 0 Å². The molecule has 1 aromatic heterocycles. The smallest absolute Gasteiger partial charge is 0.0584 e. The Morgan fingerprint density at radius 2 is 2.29 bits per heavy atom. The third-order valence-corrected chi connectivity index (χ3v) is 2.24. The van der Waals surface area contributed by atoms with Crippen molar-refractivity contribution in [1.29, 1.82) is 0 Å². The summed E-state index contributed by atoms with van der Waals surface area (Å²) in [6.45, 7) is 5.05. The molecule has 0 aliphatic carbocycles. The van der Waals surface area contributed by atoms with Crippen molar-refractivity contribution in [3.05, 3.63) is 29.6 Å². The zero-order valence-corrected chi connectivity index (χ0v) is 8.83. The number of aliphatic hydroxyl groups is 1. The number of aliphatic hydroxyl groups excluding tert-OH is 1. The first kappa shape index (κ1) is 11.1. The van der Waals surface area contributed by atoms with E-state index in [0.29, 0.717) is 0 Å². The molecule has 0 fully saturated rings. The molecule has 0 saturated heterocycles. The molecule has 1 rings (SSSR count). The molecule has 0 radical (unpaired) electrons. The second-order valence-electron chi connectivity index (χ2n) is 3.54.